The number of aliphatic hydroxyl groups is 1. The Morgan fingerprint density at radius 2 is 1.64 bits per heavy atom. The van der Waals surface area contributed by atoms with Crippen LogP contribution in [0.25, 0.3) is 11.1 Å². The highest BCUT2D eigenvalue weighted by Crippen LogP contribution is 2.54. The number of hydrogen-bond donors (Lipinski definition) is 2. The number of fused-ring (bicyclic) bond motifs is 3. The minimum absolute atomic E-state index is 0.0655. The molecule has 0 bridgehead atoms. The van der Waals surface area contributed by atoms with Gasteiger partial charge in [0.2, 0.25) is 0 Å². The second-order valence-electron chi connectivity index (χ2n) is 8.93. The van der Waals surface area contributed by atoms with E-state index in [2.05, 4.69) is 9.97 Å². The summed E-state index contributed by atoms with van der Waals surface area (Å²) in [6.07, 6.45) is -3.27. The van der Waals surface area contributed by atoms with Crippen molar-refractivity contribution < 1.29 is 28.2 Å². The van der Waals surface area contributed by atoms with Crippen molar-refractivity contribution in [3.63, 3.8) is 0 Å². The number of benzene rings is 3. The van der Waals surface area contributed by atoms with Gasteiger partial charge >= 0.3 is 12.3 Å². The van der Waals surface area contributed by atoms with Crippen LogP contribution in [0.1, 0.15) is 39.9 Å². The summed E-state index contributed by atoms with van der Waals surface area (Å²) in [6.45, 7) is -0.453. The number of hydrogen-bond acceptors (Lipinski definition) is 5. The molecule has 6 nitrogen and oxygen atoms in total. The third kappa shape index (κ3) is 4.95. The summed E-state index contributed by atoms with van der Waals surface area (Å²) in [5.41, 5.74) is 2.61. The fourth-order valence-corrected chi connectivity index (χ4v) is 6.35. The molecule has 3 aromatic carbocycles. The molecular weight excluding hydrogens is 551 g/mol. The summed E-state index contributed by atoms with van der Waals surface area (Å²) in [6, 6.07) is 15.6. The minimum atomic E-state index is -4.73. The first-order valence-corrected chi connectivity index (χ1v) is 12.9. The Morgan fingerprint density at radius 3 is 2.21 bits per heavy atom. The number of aliphatic hydroxyl groups excluding tert-OH is 1. The fourth-order valence-electron chi connectivity index (χ4n) is 5.02. The lowest BCUT2D eigenvalue weighted by Gasteiger charge is -2.34. The molecule has 1 heterocycles. The van der Waals surface area contributed by atoms with Gasteiger partial charge in [0.1, 0.15) is 5.03 Å². The Bertz CT molecular complexity index is 1520. The van der Waals surface area contributed by atoms with Crippen molar-refractivity contribution in [3.8, 4) is 11.1 Å². The maximum Gasteiger partial charge on any atom is 0.416 e. The standard InChI is InChI=1S/C28H21ClF3N3O3S/c1-35(27(37)38)24(23-18-8-4-2-6-16(18)17-7-3-5-9-19(17)23)20-12-15(28(30,31)32)13-21(29)25(20)39-26-22(14-36)33-10-11-34-26/h2-13,23-24,36H,14H2,1H3,(H,37,38). The molecule has 200 valence electrons. The average molecular weight is 572 g/mol. The van der Waals surface area contributed by atoms with E-state index in [1.54, 1.807) is 0 Å². The van der Waals surface area contributed by atoms with Crippen LogP contribution >= 0.6 is 23.4 Å². The quantitative estimate of drug-likeness (QED) is 0.253. The summed E-state index contributed by atoms with van der Waals surface area (Å²) in [7, 11) is 1.33. The number of carbonyl (C=O) groups is 1. The van der Waals surface area contributed by atoms with Gasteiger partial charge in [0.05, 0.1) is 28.9 Å². The van der Waals surface area contributed by atoms with Crippen molar-refractivity contribution in [2.75, 3.05) is 7.05 Å². The molecule has 4 aromatic rings. The molecule has 1 amide bonds. The number of alkyl halides is 3. The second kappa shape index (κ2) is 10.5. The highest BCUT2D eigenvalue weighted by molar-refractivity contribution is 7.99. The second-order valence-corrected chi connectivity index (χ2v) is 10.3. The number of rotatable bonds is 6. The molecule has 1 aromatic heterocycles. The Morgan fingerprint density at radius 1 is 1.05 bits per heavy atom. The van der Waals surface area contributed by atoms with Gasteiger partial charge in [-0.25, -0.2) is 9.78 Å². The molecule has 0 spiro atoms. The van der Waals surface area contributed by atoms with E-state index in [0.717, 1.165) is 51.0 Å². The van der Waals surface area contributed by atoms with Gasteiger partial charge in [-0.2, -0.15) is 13.2 Å². The number of likely N-dealkylation sites (N-methyl/N-ethyl adjacent to an activating group) is 1. The van der Waals surface area contributed by atoms with E-state index in [1.807, 2.05) is 48.5 Å². The first kappa shape index (κ1) is 27.0. The highest BCUT2D eigenvalue weighted by atomic mass is 35.5. The van der Waals surface area contributed by atoms with E-state index in [4.69, 9.17) is 11.6 Å². The SMILES string of the molecule is CN(C(=O)O)C(c1cc(C(F)(F)F)cc(Cl)c1Sc1nccnc1CO)C1c2ccccc2-c2ccccc21. The van der Waals surface area contributed by atoms with Crippen LogP contribution in [0.2, 0.25) is 5.02 Å². The molecule has 1 aliphatic rings. The van der Waals surface area contributed by atoms with Gasteiger partial charge in [0.15, 0.2) is 0 Å². The van der Waals surface area contributed by atoms with Crippen LogP contribution in [-0.2, 0) is 12.8 Å². The Kier molecular flexibility index (Phi) is 7.28. The Balaban J connectivity index is 1.80. The molecule has 39 heavy (non-hydrogen) atoms. The largest absolute Gasteiger partial charge is 0.465 e. The molecule has 11 heteroatoms. The number of nitrogens with zero attached hydrogens (tertiary/aromatic N) is 3. The first-order chi connectivity index (χ1) is 18.6. The van der Waals surface area contributed by atoms with Crippen molar-refractivity contribution >= 4 is 29.5 Å². The van der Waals surface area contributed by atoms with Crippen LogP contribution in [0.3, 0.4) is 0 Å². The zero-order valence-electron chi connectivity index (χ0n) is 20.4. The molecule has 0 saturated carbocycles. The van der Waals surface area contributed by atoms with Crippen molar-refractivity contribution in [2.24, 2.45) is 0 Å². The smallest absolute Gasteiger partial charge is 0.416 e. The molecule has 0 saturated heterocycles. The predicted octanol–water partition coefficient (Wildman–Crippen LogP) is 7.26. The zero-order valence-corrected chi connectivity index (χ0v) is 21.9. The van der Waals surface area contributed by atoms with Crippen LogP contribution in [0, 0.1) is 0 Å². The fraction of sp³-hybridized carbons (Fsp3) is 0.179. The number of aromatic nitrogens is 2. The summed E-state index contributed by atoms with van der Waals surface area (Å²) < 4.78 is 42.2. The highest BCUT2D eigenvalue weighted by Gasteiger charge is 2.42. The van der Waals surface area contributed by atoms with Gasteiger partial charge in [-0.1, -0.05) is 71.9 Å². The van der Waals surface area contributed by atoms with Crippen LogP contribution in [0.15, 0.2) is 83.0 Å². The summed E-state index contributed by atoms with van der Waals surface area (Å²) >= 11 is 7.46. The van der Waals surface area contributed by atoms with Gasteiger partial charge < -0.3 is 15.1 Å². The van der Waals surface area contributed by atoms with E-state index < -0.39 is 36.4 Å². The van der Waals surface area contributed by atoms with E-state index in [0.29, 0.717) is 0 Å². The van der Waals surface area contributed by atoms with Crippen molar-refractivity contribution in [1.82, 2.24) is 14.9 Å². The molecule has 0 fully saturated rings. The van der Waals surface area contributed by atoms with E-state index in [-0.39, 0.29) is 26.2 Å². The predicted molar refractivity (Wildman–Crippen MR) is 141 cm³/mol. The lowest BCUT2D eigenvalue weighted by atomic mass is 9.84. The molecule has 5 rings (SSSR count). The molecule has 1 atom stereocenters. The van der Waals surface area contributed by atoms with Crippen LogP contribution in [0.4, 0.5) is 18.0 Å². The lowest BCUT2D eigenvalue weighted by molar-refractivity contribution is -0.137. The molecule has 1 unspecified atom stereocenters. The van der Waals surface area contributed by atoms with Gasteiger partial charge in [-0.05, 0) is 39.9 Å². The average Bonchev–Trinajstić information content (AvgIpc) is 3.24. The van der Waals surface area contributed by atoms with Gasteiger partial charge in [-0.3, -0.25) is 4.98 Å². The van der Waals surface area contributed by atoms with Crippen LogP contribution in [0.5, 0.6) is 0 Å². The summed E-state index contributed by atoms with van der Waals surface area (Å²) in [5, 5.41) is 19.9. The summed E-state index contributed by atoms with van der Waals surface area (Å²) in [4.78, 5) is 22.0. The number of carboxylic acid groups (broad SMARTS) is 1. The summed E-state index contributed by atoms with van der Waals surface area (Å²) in [5.74, 6) is -0.628. The monoisotopic (exact) mass is 571 g/mol. The van der Waals surface area contributed by atoms with Crippen LogP contribution < -0.4 is 0 Å². The third-order valence-electron chi connectivity index (χ3n) is 6.72. The van der Waals surface area contributed by atoms with Gasteiger partial charge in [-0.15, -0.1) is 0 Å². The Hall–Kier alpha value is -3.60. The molecule has 0 radical (unpaired) electrons. The third-order valence-corrected chi connectivity index (χ3v) is 8.32. The minimum Gasteiger partial charge on any atom is -0.465 e. The van der Waals surface area contributed by atoms with Gasteiger partial charge in [0.25, 0.3) is 0 Å². The lowest BCUT2D eigenvalue weighted by Crippen LogP contribution is -2.34. The molecule has 2 N–H and O–H groups in total. The van der Waals surface area contributed by atoms with Crippen molar-refractivity contribution in [2.45, 2.75) is 34.7 Å². The van der Waals surface area contributed by atoms with Crippen molar-refractivity contribution in [1.29, 1.82) is 0 Å². The topological polar surface area (TPSA) is 86.6 Å². The van der Waals surface area contributed by atoms with Crippen LogP contribution in [-0.4, -0.2) is 38.2 Å². The number of amides is 1. The van der Waals surface area contributed by atoms with E-state index in [1.165, 1.54) is 19.4 Å². The normalized spacial score (nSPS) is 13.6. The van der Waals surface area contributed by atoms with Gasteiger partial charge in [0, 0.05) is 30.3 Å². The van der Waals surface area contributed by atoms with E-state index >= 15 is 0 Å². The zero-order chi connectivity index (χ0) is 27.9. The van der Waals surface area contributed by atoms with Crippen molar-refractivity contribution in [3.05, 3.63) is 106 Å². The first-order valence-electron chi connectivity index (χ1n) is 11.7. The van der Waals surface area contributed by atoms with E-state index in [9.17, 15) is 28.2 Å². The maximum absolute atomic E-state index is 14.1. The molecular formula is C28H21ClF3N3O3S. The maximum atomic E-state index is 14.1. The number of halogens is 4. The molecule has 0 aliphatic heterocycles. The Labute approximate surface area is 231 Å². The molecule has 1 aliphatic carbocycles.